The minimum Gasteiger partial charge on any atom is -0.501 e. The van der Waals surface area contributed by atoms with Gasteiger partial charge in [0.05, 0.1) is 18.7 Å². The van der Waals surface area contributed by atoms with Crippen molar-refractivity contribution < 1.29 is 28.6 Å². The van der Waals surface area contributed by atoms with Gasteiger partial charge in [0.25, 0.3) is 11.5 Å². The molecule has 1 aromatic carbocycles. The van der Waals surface area contributed by atoms with E-state index in [2.05, 4.69) is 10.3 Å². The van der Waals surface area contributed by atoms with Crippen LogP contribution in [0.3, 0.4) is 0 Å². The molecule has 0 saturated carbocycles. The highest BCUT2D eigenvalue weighted by molar-refractivity contribution is 6.34. The Morgan fingerprint density at radius 2 is 1.86 bits per heavy atom. The first kappa shape index (κ1) is 26.8. The molecule has 2 heterocycles. The maximum absolute atomic E-state index is 13.2. The Balaban J connectivity index is 2.03. The highest BCUT2D eigenvalue weighted by atomic mass is 19.1. The lowest BCUT2D eigenvalue weighted by Crippen LogP contribution is -2.45. The molecule has 0 saturated heterocycles. The molecule has 11 nitrogen and oxygen atoms in total. The fraction of sp³-hybridized carbons (Fsp3) is 0.458. The quantitative estimate of drug-likeness (QED) is 0.557. The van der Waals surface area contributed by atoms with Crippen LogP contribution in [-0.4, -0.2) is 76.0 Å². The molecule has 36 heavy (non-hydrogen) atoms. The number of amides is 3. The van der Waals surface area contributed by atoms with Crippen molar-refractivity contribution in [3.8, 4) is 5.75 Å². The van der Waals surface area contributed by atoms with Crippen molar-refractivity contribution in [1.29, 1.82) is 0 Å². The van der Waals surface area contributed by atoms with Crippen molar-refractivity contribution in [3.63, 3.8) is 0 Å². The lowest BCUT2D eigenvalue weighted by Gasteiger charge is -2.31. The molecule has 0 aliphatic carbocycles. The van der Waals surface area contributed by atoms with Gasteiger partial charge >= 0.3 is 11.8 Å². The number of carbonyl (C=O) groups excluding carboxylic acids is 3. The molecular formula is C24H30FN5O6. The number of benzene rings is 1. The molecule has 3 amide bonds. The Labute approximate surface area is 207 Å². The molecule has 2 aromatic rings. The first-order chi connectivity index (χ1) is 17.1. The Kier molecular flexibility index (Phi) is 8.41. The molecule has 3 rings (SSSR count). The molecular weight excluding hydrogens is 473 g/mol. The molecule has 0 bridgehead atoms. The van der Waals surface area contributed by atoms with Gasteiger partial charge in [-0.2, -0.15) is 0 Å². The molecule has 1 aliphatic heterocycles. The average molecular weight is 504 g/mol. The fourth-order valence-electron chi connectivity index (χ4n) is 4.09. The van der Waals surface area contributed by atoms with Crippen molar-refractivity contribution in [2.45, 2.75) is 45.0 Å². The number of aromatic nitrogens is 2. The van der Waals surface area contributed by atoms with Gasteiger partial charge in [0, 0.05) is 34.3 Å². The summed E-state index contributed by atoms with van der Waals surface area (Å²) in [7, 11) is 4.40. The van der Waals surface area contributed by atoms with Crippen LogP contribution in [0.4, 0.5) is 4.39 Å². The first-order valence-corrected chi connectivity index (χ1v) is 11.5. The van der Waals surface area contributed by atoms with Gasteiger partial charge in [-0.3, -0.25) is 23.7 Å². The molecule has 194 valence electrons. The van der Waals surface area contributed by atoms with E-state index in [9.17, 15) is 28.7 Å². The summed E-state index contributed by atoms with van der Waals surface area (Å²) in [6.07, 6.45) is 0.341. The molecule has 0 fully saturated rings. The smallest absolute Gasteiger partial charge is 0.312 e. The summed E-state index contributed by atoms with van der Waals surface area (Å²) < 4.78 is 19.8. The maximum Gasteiger partial charge on any atom is 0.312 e. The number of halogens is 1. The van der Waals surface area contributed by atoms with Gasteiger partial charge in [0.1, 0.15) is 11.6 Å². The van der Waals surface area contributed by atoms with Gasteiger partial charge < -0.3 is 25.0 Å². The van der Waals surface area contributed by atoms with E-state index in [-0.39, 0.29) is 25.5 Å². The summed E-state index contributed by atoms with van der Waals surface area (Å²) in [5.74, 6) is -3.53. The Morgan fingerprint density at radius 1 is 1.19 bits per heavy atom. The zero-order chi connectivity index (χ0) is 26.6. The van der Waals surface area contributed by atoms with Crippen LogP contribution in [0, 0.1) is 5.82 Å². The minimum atomic E-state index is -0.858. The van der Waals surface area contributed by atoms with Crippen molar-refractivity contribution in [3.05, 3.63) is 57.5 Å². The SMILES string of the molecule is CCN(C(=O)C(=O)N(C)C)[C@@H]1CC[C@H](OC)Cn2c1nc(C(=O)NCc1ccc(F)cc1)c(O)c2=O. The molecule has 2 atom stereocenters. The Morgan fingerprint density at radius 3 is 2.44 bits per heavy atom. The van der Waals surface area contributed by atoms with Gasteiger partial charge in [-0.15, -0.1) is 0 Å². The number of rotatable bonds is 6. The van der Waals surface area contributed by atoms with E-state index < -0.39 is 52.7 Å². The summed E-state index contributed by atoms with van der Waals surface area (Å²) >= 11 is 0. The predicted molar refractivity (Wildman–Crippen MR) is 127 cm³/mol. The van der Waals surface area contributed by atoms with Crippen LogP contribution in [0.15, 0.2) is 29.1 Å². The Hall–Kier alpha value is -3.80. The van der Waals surface area contributed by atoms with Gasteiger partial charge in [0.2, 0.25) is 5.75 Å². The van der Waals surface area contributed by atoms with Gasteiger partial charge in [0.15, 0.2) is 5.69 Å². The van der Waals surface area contributed by atoms with E-state index in [1.54, 1.807) is 6.92 Å². The number of nitrogens with one attached hydrogen (secondary N) is 1. The molecule has 1 aromatic heterocycles. The summed E-state index contributed by atoms with van der Waals surface area (Å²) in [5, 5.41) is 13.1. The third-order valence-electron chi connectivity index (χ3n) is 6.10. The van der Waals surface area contributed by atoms with Crippen LogP contribution < -0.4 is 10.9 Å². The number of hydrogen-bond acceptors (Lipinski definition) is 7. The molecule has 12 heteroatoms. The summed E-state index contributed by atoms with van der Waals surface area (Å²) in [6, 6.07) is 4.65. The van der Waals surface area contributed by atoms with E-state index in [0.29, 0.717) is 18.4 Å². The first-order valence-electron chi connectivity index (χ1n) is 11.5. The van der Waals surface area contributed by atoms with Gasteiger partial charge in [-0.25, -0.2) is 9.37 Å². The number of hydrogen-bond donors (Lipinski definition) is 2. The molecule has 0 unspecified atom stereocenters. The molecule has 2 N–H and O–H groups in total. The van der Waals surface area contributed by atoms with Crippen LogP contribution in [0.25, 0.3) is 0 Å². The lowest BCUT2D eigenvalue weighted by atomic mass is 10.1. The zero-order valence-corrected chi connectivity index (χ0v) is 20.7. The molecule has 1 aliphatic rings. The van der Waals surface area contributed by atoms with Crippen molar-refractivity contribution in [2.75, 3.05) is 27.7 Å². The number of nitrogens with zero attached hydrogens (tertiary/aromatic N) is 4. The third kappa shape index (κ3) is 5.54. The highest BCUT2D eigenvalue weighted by Crippen LogP contribution is 2.30. The summed E-state index contributed by atoms with van der Waals surface area (Å²) in [6.45, 7) is 1.89. The summed E-state index contributed by atoms with van der Waals surface area (Å²) in [5.41, 5.74) is -0.763. The largest absolute Gasteiger partial charge is 0.501 e. The van der Waals surface area contributed by atoms with E-state index in [0.717, 1.165) is 4.90 Å². The Bertz CT molecular complexity index is 1200. The highest BCUT2D eigenvalue weighted by Gasteiger charge is 2.36. The van der Waals surface area contributed by atoms with E-state index in [1.165, 1.54) is 54.9 Å². The van der Waals surface area contributed by atoms with Gasteiger partial charge in [-0.05, 0) is 37.5 Å². The molecule has 0 spiro atoms. The average Bonchev–Trinajstić information content (AvgIpc) is 3.05. The zero-order valence-electron chi connectivity index (χ0n) is 20.7. The summed E-state index contributed by atoms with van der Waals surface area (Å²) in [4.78, 5) is 58.3. The van der Waals surface area contributed by atoms with Crippen LogP contribution >= 0.6 is 0 Å². The predicted octanol–water partition coefficient (Wildman–Crippen LogP) is 0.805. The second kappa shape index (κ2) is 11.3. The van der Waals surface area contributed by atoms with Crippen LogP contribution in [0.2, 0.25) is 0 Å². The number of likely N-dealkylation sites (N-methyl/N-ethyl adjacent to an activating group) is 2. The van der Waals surface area contributed by atoms with Crippen LogP contribution in [0.1, 0.15) is 47.7 Å². The van der Waals surface area contributed by atoms with E-state index in [1.807, 2.05) is 0 Å². The van der Waals surface area contributed by atoms with Crippen LogP contribution in [0.5, 0.6) is 5.75 Å². The van der Waals surface area contributed by atoms with Crippen molar-refractivity contribution in [1.82, 2.24) is 24.7 Å². The van der Waals surface area contributed by atoms with Gasteiger partial charge in [-0.1, -0.05) is 12.1 Å². The molecule has 0 radical (unpaired) electrons. The third-order valence-corrected chi connectivity index (χ3v) is 6.10. The number of ether oxygens (including phenoxy) is 1. The number of methoxy groups -OCH3 is 1. The van der Waals surface area contributed by atoms with Crippen molar-refractivity contribution in [2.24, 2.45) is 0 Å². The monoisotopic (exact) mass is 503 g/mol. The lowest BCUT2D eigenvalue weighted by molar-refractivity contribution is -0.152. The maximum atomic E-state index is 13.2. The number of aromatic hydroxyl groups is 1. The van der Waals surface area contributed by atoms with Crippen molar-refractivity contribution >= 4 is 17.7 Å². The normalized spacial score (nSPS) is 17.0. The minimum absolute atomic E-state index is 0.00470. The number of fused-ring (bicyclic) bond motifs is 1. The number of carbonyl (C=O) groups is 3. The second-order valence-corrected chi connectivity index (χ2v) is 8.63. The fourth-order valence-corrected chi connectivity index (χ4v) is 4.09. The second-order valence-electron chi connectivity index (χ2n) is 8.63. The topological polar surface area (TPSA) is 134 Å². The van der Waals surface area contributed by atoms with E-state index in [4.69, 9.17) is 4.74 Å². The van der Waals surface area contributed by atoms with Crippen LogP contribution in [-0.2, 0) is 27.4 Å². The van der Waals surface area contributed by atoms with E-state index >= 15 is 0 Å². The standard InChI is InChI=1S/C24H30FN5O6/c1-5-29(24(35)23(34)28(2)3)17-11-10-16(36-4)13-30-20(17)27-18(19(31)22(30)33)21(32)26-12-14-6-8-15(25)9-7-14/h6-9,16-17,31H,5,10-13H2,1-4H3,(H,26,32)/t16-,17+/m0/s1.